The van der Waals surface area contributed by atoms with E-state index in [2.05, 4.69) is 10.6 Å². The third-order valence-corrected chi connectivity index (χ3v) is 5.24. The van der Waals surface area contributed by atoms with Crippen LogP contribution < -0.4 is 10.6 Å². The Balaban J connectivity index is 1.47. The van der Waals surface area contributed by atoms with Crippen molar-refractivity contribution in [2.75, 3.05) is 24.7 Å². The maximum Gasteiger partial charge on any atom is 0.321 e. The van der Waals surface area contributed by atoms with Crippen LogP contribution in [0, 0.1) is 0 Å². The van der Waals surface area contributed by atoms with E-state index in [0.717, 1.165) is 23.4 Å². The van der Waals surface area contributed by atoms with Crippen molar-refractivity contribution in [2.45, 2.75) is 23.8 Å². The molecule has 6 heteroatoms. The fourth-order valence-electron chi connectivity index (χ4n) is 2.96. The molecule has 2 aromatic rings. The SMILES string of the molecule is CSc1ccc(C(=O)NC2CCN(C(=O)Nc3ccccc3)CC2)cc1. The summed E-state index contributed by atoms with van der Waals surface area (Å²) >= 11 is 1.65. The molecule has 1 saturated heterocycles. The fourth-order valence-corrected chi connectivity index (χ4v) is 3.37. The molecule has 2 N–H and O–H groups in total. The summed E-state index contributed by atoms with van der Waals surface area (Å²) in [4.78, 5) is 27.6. The van der Waals surface area contributed by atoms with Crippen molar-refractivity contribution in [1.82, 2.24) is 10.2 Å². The first-order valence-electron chi connectivity index (χ1n) is 8.71. The van der Waals surface area contributed by atoms with Crippen molar-refractivity contribution >= 4 is 29.4 Å². The summed E-state index contributed by atoms with van der Waals surface area (Å²) in [5.41, 5.74) is 1.47. The highest BCUT2D eigenvalue weighted by Gasteiger charge is 2.24. The number of nitrogens with one attached hydrogen (secondary N) is 2. The smallest absolute Gasteiger partial charge is 0.321 e. The zero-order chi connectivity index (χ0) is 18.4. The van der Waals surface area contributed by atoms with Gasteiger partial charge in [0.25, 0.3) is 5.91 Å². The van der Waals surface area contributed by atoms with Gasteiger partial charge in [-0.1, -0.05) is 18.2 Å². The highest BCUT2D eigenvalue weighted by molar-refractivity contribution is 7.98. The van der Waals surface area contributed by atoms with Gasteiger partial charge in [-0.05, 0) is 55.5 Å². The van der Waals surface area contributed by atoms with Gasteiger partial charge in [0.2, 0.25) is 0 Å². The minimum Gasteiger partial charge on any atom is -0.349 e. The predicted octanol–water partition coefficient (Wildman–Crippen LogP) is 3.83. The topological polar surface area (TPSA) is 61.4 Å². The van der Waals surface area contributed by atoms with E-state index in [1.54, 1.807) is 16.7 Å². The molecule has 2 aromatic carbocycles. The molecule has 0 spiro atoms. The summed E-state index contributed by atoms with van der Waals surface area (Å²) in [6.07, 6.45) is 3.53. The number of likely N-dealkylation sites (tertiary alicyclic amines) is 1. The quantitative estimate of drug-likeness (QED) is 0.805. The number of thioether (sulfide) groups is 1. The van der Waals surface area contributed by atoms with E-state index in [-0.39, 0.29) is 18.0 Å². The number of hydrogen-bond donors (Lipinski definition) is 2. The molecule has 0 aliphatic carbocycles. The second-order valence-electron chi connectivity index (χ2n) is 6.26. The summed E-state index contributed by atoms with van der Waals surface area (Å²) < 4.78 is 0. The third kappa shape index (κ3) is 4.79. The molecular weight excluding hydrogens is 346 g/mol. The van der Waals surface area contributed by atoms with Gasteiger partial charge in [0.1, 0.15) is 0 Å². The van der Waals surface area contributed by atoms with E-state index in [1.807, 2.05) is 60.9 Å². The van der Waals surface area contributed by atoms with Gasteiger partial charge in [-0.2, -0.15) is 0 Å². The zero-order valence-electron chi connectivity index (χ0n) is 14.8. The molecule has 3 amide bonds. The second kappa shape index (κ2) is 8.76. The molecule has 0 unspecified atom stereocenters. The Morgan fingerprint density at radius 3 is 2.27 bits per heavy atom. The Morgan fingerprint density at radius 2 is 1.65 bits per heavy atom. The van der Waals surface area contributed by atoms with Crippen LogP contribution in [0.4, 0.5) is 10.5 Å². The lowest BCUT2D eigenvalue weighted by atomic mass is 10.0. The lowest BCUT2D eigenvalue weighted by Gasteiger charge is -2.32. The predicted molar refractivity (Wildman–Crippen MR) is 106 cm³/mol. The largest absolute Gasteiger partial charge is 0.349 e. The molecule has 0 aromatic heterocycles. The number of carbonyl (C=O) groups excluding carboxylic acids is 2. The molecule has 0 radical (unpaired) electrons. The average Bonchev–Trinajstić information content (AvgIpc) is 2.69. The minimum atomic E-state index is -0.0892. The lowest BCUT2D eigenvalue weighted by Crippen LogP contribution is -2.47. The van der Waals surface area contributed by atoms with E-state index in [9.17, 15) is 9.59 Å². The zero-order valence-corrected chi connectivity index (χ0v) is 15.6. The number of carbonyl (C=O) groups is 2. The molecule has 136 valence electrons. The first kappa shape index (κ1) is 18.3. The summed E-state index contributed by atoms with van der Waals surface area (Å²) in [6.45, 7) is 1.27. The summed E-state index contributed by atoms with van der Waals surface area (Å²) in [5, 5.41) is 5.98. The molecule has 1 heterocycles. The van der Waals surface area contributed by atoms with Crippen molar-refractivity contribution in [3.8, 4) is 0 Å². The molecule has 0 saturated carbocycles. The Morgan fingerprint density at radius 1 is 1.00 bits per heavy atom. The van der Waals surface area contributed by atoms with Crippen LogP contribution in [0.5, 0.6) is 0 Å². The highest BCUT2D eigenvalue weighted by atomic mass is 32.2. The van der Waals surface area contributed by atoms with Crippen LogP contribution >= 0.6 is 11.8 Å². The van der Waals surface area contributed by atoms with Crippen LogP contribution in [0.15, 0.2) is 59.5 Å². The number of benzene rings is 2. The van der Waals surface area contributed by atoms with Gasteiger partial charge in [-0.25, -0.2) is 4.79 Å². The number of nitrogens with zero attached hydrogens (tertiary/aromatic N) is 1. The van der Waals surface area contributed by atoms with Gasteiger partial charge in [-0.3, -0.25) is 4.79 Å². The van der Waals surface area contributed by atoms with Crippen LogP contribution in [0.2, 0.25) is 0 Å². The van der Waals surface area contributed by atoms with Gasteiger partial charge in [0.05, 0.1) is 0 Å². The van der Waals surface area contributed by atoms with Crippen molar-refractivity contribution in [1.29, 1.82) is 0 Å². The van der Waals surface area contributed by atoms with Crippen LogP contribution in [-0.2, 0) is 0 Å². The van der Waals surface area contributed by atoms with Gasteiger partial charge >= 0.3 is 6.03 Å². The molecule has 1 fully saturated rings. The summed E-state index contributed by atoms with van der Waals surface area (Å²) in [7, 11) is 0. The van der Waals surface area contributed by atoms with Crippen LogP contribution in [0.25, 0.3) is 0 Å². The maximum atomic E-state index is 12.4. The Hall–Kier alpha value is -2.47. The molecule has 0 atom stereocenters. The van der Waals surface area contributed by atoms with Gasteiger partial charge in [-0.15, -0.1) is 11.8 Å². The van der Waals surface area contributed by atoms with Gasteiger partial charge < -0.3 is 15.5 Å². The van der Waals surface area contributed by atoms with E-state index >= 15 is 0 Å². The number of piperidine rings is 1. The summed E-state index contributed by atoms with van der Waals surface area (Å²) in [6, 6.07) is 17.1. The number of anilines is 1. The normalized spacial score (nSPS) is 14.7. The maximum absolute atomic E-state index is 12.4. The average molecular weight is 369 g/mol. The minimum absolute atomic E-state index is 0.0511. The van der Waals surface area contributed by atoms with E-state index in [0.29, 0.717) is 18.7 Å². The standard InChI is InChI=1S/C20H23N3O2S/c1-26-18-9-7-15(8-10-18)19(24)21-17-11-13-23(14-12-17)20(25)22-16-5-3-2-4-6-16/h2-10,17H,11-14H2,1H3,(H,21,24)(H,22,25). The van der Waals surface area contributed by atoms with E-state index in [1.165, 1.54) is 0 Å². The molecule has 26 heavy (non-hydrogen) atoms. The number of amides is 3. The lowest BCUT2D eigenvalue weighted by molar-refractivity contribution is 0.0919. The number of para-hydroxylation sites is 1. The first-order valence-corrected chi connectivity index (χ1v) is 9.94. The van der Waals surface area contributed by atoms with Gasteiger partial charge in [0.15, 0.2) is 0 Å². The Bertz CT molecular complexity index is 741. The number of hydrogen-bond acceptors (Lipinski definition) is 3. The first-order chi connectivity index (χ1) is 12.7. The molecule has 3 rings (SSSR count). The molecule has 1 aliphatic rings. The van der Waals surface area contributed by atoms with Crippen LogP contribution in [-0.4, -0.2) is 42.2 Å². The summed E-state index contributed by atoms with van der Waals surface area (Å²) in [5.74, 6) is -0.0511. The number of rotatable bonds is 4. The molecule has 5 nitrogen and oxygen atoms in total. The highest BCUT2D eigenvalue weighted by Crippen LogP contribution is 2.16. The van der Waals surface area contributed by atoms with Crippen molar-refractivity contribution in [3.63, 3.8) is 0 Å². The third-order valence-electron chi connectivity index (χ3n) is 4.49. The fraction of sp³-hybridized carbons (Fsp3) is 0.300. The van der Waals surface area contributed by atoms with Crippen LogP contribution in [0.1, 0.15) is 23.2 Å². The Labute approximate surface area is 158 Å². The van der Waals surface area contributed by atoms with Crippen molar-refractivity contribution < 1.29 is 9.59 Å². The van der Waals surface area contributed by atoms with Crippen molar-refractivity contribution in [3.05, 3.63) is 60.2 Å². The van der Waals surface area contributed by atoms with Crippen molar-refractivity contribution in [2.24, 2.45) is 0 Å². The van der Waals surface area contributed by atoms with E-state index < -0.39 is 0 Å². The second-order valence-corrected chi connectivity index (χ2v) is 7.14. The van der Waals surface area contributed by atoms with Crippen LogP contribution in [0.3, 0.4) is 0 Å². The molecular formula is C20H23N3O2S. The monoisotopic (exact) mass is 369 g/mol. The Kier molecular flexibility index (Phi) is 6.17. The number of urea groups is 1. The van der Waals surface area contributed by atoms with E-state index in [4.69, 9.17) is 0 Å². The molecule has 1 aliphatic heterocycles. The molecule has 0 bridgehead atoms. The van der Waals surface area contributed by atoms with Gasteiger partial charge in [0, 0.05) is 35.3 Å².